The minimum Gasteiger partial charge on any atom is -0.467 e. The summed E-state index contributed by atoms with van der Waals surface area (Å²) in [5.41, 5.74) is 4.47. The quantitative estimate of drug-likeness (QED) is 0.566. The number of hydrogen-bond acceptors (Lipinski definition) is 4. The van der Waals surface area contributed by atoms with Crippen LogP contribution in [0.2, 0.25) is 0 Å². The molecule has 23 heavy (non-hydrogen) atoms. The second-order valence-electron chi connectivity index (χ2n) is 6.40. The van der Waals surface area contributed by atoms with Crippen LogP contribution in [0.3, 0.4) is 0 Å². The zero-order chi connectivity index (χ0) is 16.2. The molecule has 7 heteroatoms. The fourth-order valence-electron chi connectivity index (χ4n) is 3.76. The number of rotatable bonds is 4. The molecular weight excluding hydrogens is 298 g/mol. The number of hydrogen-bond donors (Lipinski definition) is 3. The zero-order valence-electron chi connectivity index (χ0n) is 12.8. The van der Waals surface area contributed by atoms with E-state index >= 15 is 0 Å². The van der Waals surface area contributed by atoms with Crippen molar-refractivity contribution in [3.63, 3.8) is 0 Å². The average molecular weight is 319 g/mol. The topological polar surface area (TPSA) is 100 Å². The third-order valence-electron chi connectivity index (χ3n) is 4.86. The summed E-state index contributed by atoms with van der Waals surface area (Å²) in [7, 11) is 0. The van der Waals surface area contributed by atoms with Crippen LogP contribution in [0.1, 0.15) is 37.9 Å². The Morgan fingerprint density at radius 2 is 2.00 bits per heavy atom. The van der Waals surface area contributed by atoms with E-state index in [9.17, 15) is 14.4 Å². The number of fused-ring (bicyclic) bond motifs is 2. The zero-order valence-corrected chi connectivity index (χ0v) is 12.8. The van der Waals surface area contributed by atoms with Crippen LogP contribution in [0.4, 0.5) is 0 Å². The highest BCUT2D eigenvalue weighted by Crippen LogP contribution is 2.49. The van der Waals surface area contributed by atoms with Crippen molar-refractivity contribution in [2.75, 3.05) is 0 Å². The summed E-state index contributed by atoms with van der Waals surface area (Å²) in [5, 5.41) is 2.41. The largest absolute Gasteiger partial charge is 0.467 e. The lowest BCUT2D eigenvalue weighted by Crippen LogP contribution is -2.48. The number of nitrogens with one attached hydrogen (secondary N) is 3. The third-order valence-corrected chi connectivity index (χ3v) is 4.86. The Kier molecular flexibility index (Phi) is 4.64. The fourth-order valence-corrected chi connectivity index (χ4v) is 3.76. The normalized spacial score (nSPS) is 25.1. The van der Waals surface area contributed by atoms with Crippen molar-refractivity contribution >= 4 is 17.7 Å². The predicted octanol–water partition coefficient (Wildman–Crippen LogP) is 0.870. The Hall–Kier alpha value is -2.31. The van der Waals surface area contributed by atoms with Crippen molar-refractivity contribution in [1.82, 2.24) is 16.2 Å². The standard InChI is InChI=1S/C16H21N3O4/c20-14(8-12-7-10-3-4-11(12)6-10)18-19-16(22)15(21)17-9-13-2-1-5-23-13/h1-2,5,10-12H,3-4,6-9H2,(H,17,21)(H,18,20)(H,19,22)/t10-,11-,12+/m1/s1. The van der Waals surface area contributed by atoms with Gasteiger partial charge in [0.05, 0.1) is 12.8 Å². The summed E-state index contributed by atoms with van der Waals surface area (Å²) in [6.07, 6.45) is 6.74. The molecule has 7 nitrogen and oxygen atoms in total. The molecule has 0 unspecified atom stereocenters. The molecule has 0 saturated heterocycles. The van der Waals surface area contributed by atoms with E-state index < -0.39 is 11.8 Å². The molecule has 3 atom stereocenters. The van der Waals surface area contributed by atoms with E-state index in [1.54, 1.807) is 12.1 Å². The maximum Gasteiger partial charge on any atom is 0.327 e. The second kappa shape index (κ2) is 6.85. The molecule has 2 saturated carbocycles. The summed E-state index contributed by atoms with van der Waals surface area (Å²) in [4.78, 5) is 35.1. The van der Waals surface area contributed by atoms with Gasteiger partial charge in [-0.15, -0.1) is 0 Å². The highest BCUT2D eigenvalue weighted by Gasteiger charge is 2.40. The van der Waals surface area contributed by atoms with Gasteiger partial charge in [0, 0.05) is 6.42 Å². The molecule has 2 bridgehead atoms. The van der Waals surface area contributed by atoms with E-state index in [0.29, 0.717) is 24.0 Å². The molecule has 3 N–H and O–H groups in total. The van der Waals surface area contributed by atoms with Crippen LogP contribution in [0.15, 0.2) is 22.8 Å². The van der Waals surface area contributed by atoms with Crippen LogP contribution >= 0.6 is 0 Å². The summed E-state index contributed by atoms with van der Waals surface area (Å²) in [5.74, 6) is 0.442. The molecule has 2 aliphatic rings. The van der Waals surface area contributed by atoms with E-state index in [1.165, 1.54) is 25.5 Å². The second-order valence-corrected chi connectivity index (χ2v) is 6.40. The van der Waals surface area contributed by atoms with E-state index in [2.05, 4.69) is 16.2 Å². The SMILES string of the molecule is O=C(C[C@@H]1C[C@@H]2CC[C@@H]1C2)NNC(=O)C(=O)NCc1ccco1. The lowest BCUT2D eigenvalue weighted by atomic mass is 9.86. The monoisotopic (exact) mass is 319 g/mol. The molecule has 1 aromatic heterocycles. The molecule has 124 valence electrons. The van der Waals surface area contributed by atoms with E-state index in [0.717, 1.165) is 12.3 Å². The maximum atomic E-state index is 11.9. The molecule has 0 aromatic carbocycles. The van der Waals surface area contributed by atoms with Gasteiger partial charge in [0.2, 0.25) is 5.91 Å². The third kappa shape index (κ3) is 3.91. The minimum atomic E-state index is -0.891. The van der Waals surface area contributed by atoms with E-state index in [4.69, 9.17) is 4.42 Å². The summed E-state index contributed by atoms with van der Waals surface area (Å²) in [6, 6.07) is 3.38. The molecule has 0 radical (unpaired) electrons. The van der Waals surface area contributed by atoms with E-state index in [-0.39, 0.29) is 12.5 Å². The Morgan fingerprint density at radius 1 is 1.13 bits per heavy atom. The number of amides is 3. The Morgan fingerprint density at radius 3 is 2.65 bits per heavy atom. The van der Waals surface area contributed by atoms with Gasteiger partial charge in [0.15, 0.2) is 0 Å². The van der Waals surface area contributed by atoms with Gasteiger partial charge in [-0.25, -0.2) is 0 Å². The maximum absolute atomic E-state index is 11.9. The number of carbonyl (C=O) groups is 3. The molecule has 1 aromatic rings. The Labute approximate surface area is 134 Å². The van der Waals surface area contributed by atoms with Crippen LogP contribution in [0, 0.1) is 17.8 Å². The van der Waals surface area contributed by atoms with Gasteiger partial charge in [0.25, 0.3) is 0 Å². The first-order valence-electron chi connectivity index (χ1n) is 8.01. The van der Waals surface area contributed by atoms with Gasteiger partial charge in [0.1, 0.15) is 5.76 Å². The van der Waals surface area contributed by atoms with Crippen LogP contribution in [-0.4, -0.2) is 17.7 Å². The minimum absolute atomic E-state index is 0.123. The summed E-state index contributed by atoms with van der Waals surface area (Å²) >= 11 is 0. The highest BCUT2D eigenvalue weighted by atomic mass is 16.3. The van der Waals surface area contributed by atoms with Crippen molar-refractivity contribution in [2.24, 2.45) is 17.8 Å². The molecular formula is C16H21N3O4. The smallest absolute Gasteiger partial charge is 0.327 e. The lowest BCUT2D eigenvalue weighted by Gasteiger charge is -2.20. The number of furan rings is 1. The molecule has 2 fully saturated rings. The summed E-state index contributed by atoms with van der Waals surface area (Å²) in [6.45, 7) is 0.123. The average Bonchev–Trinajstić information content (AvgIpc) is 3.27. The molecule has 3 amide bonds. The van der Waals surface area contributed by atoms with Crippen molar-refractivity contribution in [3.8, 4) is 0 Å². The molecule has 2 aliphatic carbocycles. The van der Waals surface area contributed by atoms with Gasteiger partial charge in [-0.2, -0.15) is 0 Å². The predicted molar refractivity (Wildman–Crippen MR) is 80.4 cm³/mol. The van der Waals surface area contributed by atoms with Crippen LogP contribution < -0.4 is 16.2 Å². The summed E-state index contributed by atoms with van der Waals surface area (Å²) < 4.78 is 5.04. The van der Waals surface area contributed by atoms with Crippen LogP contribution in [0.25, 0.3) is 0 Å². The number of hydrazine groups is 1. The van der Waals surface area contributed by atoms with Crippen LogP contribution in [0.5, 0.6) is 0 Å². The Bertz CT molecular complexity index is 584. The number of carbonyl (C=O) groups excluding carboxylic acids is 3. The van der Waals surface area contributed by atoms with Crippen molar-refractivity contribution in [3.05, 3.63) is 24.2 Å². The first-order valence-corrected chi connectivity index (χ1v) is 8.01. The van der Waals surface area contributed by atoms with Crippen molar-refractivity contribution < 1.29 is 18.8 Å². The van der Waals surface area contributed by atoms with Gasteiger partial charge in [-0.05, 0) is 49.1 Å². The first-order chi connectivity index (χ1) is 11.1. The molecule has 0 spiro atoms. The molecule has 1 heterocycles. The van der Waals surface area contributed by atoms with Crippen molar-refractivity contribution in [1.29, 1.82) is 0 Å². The Balaban J connectivity index is 1.34. The van der Waals surface area contributed by atoms with Crippen LogP contribution in [-0.2, 0) is 20.9 Å². The molecule has 0 aliphatic heterocycles. The van der Waals surface area contributed by atoms with E-state index in [1.807, 2.05) is 0 Å². The fraction of sp³-hybridized carbons (Fsp3) is 0.562. The van der Waals surface area contributed by atoms with Gasteiger partial charge < -0.3 is 9.73 Å². The highest BCUT2D eigenvalue weighted by molar-refractivity contribution is 6.35. The van der Waals surface area contributed by atoms with Gasteiger partial charge >= 0.3 is 11.8 Å². The van der Waals surface area contributed by atoms with Crippen molar-refractivity contribution in [2.45, 2.75) is 38.6 Å². The van der Waals surface area contributed by atoms with Gasteiger partial charge in [-0.3, -0.25) is 25.2 Å². The first kappa shape index (κ1) is 15.6. The molecule has 3 rings (SSSR count). The lowest BCUT2D eigenvalue weighted by molar-refractivity contribution is -0.141. The van der Waals surface area contributed by atoms with Gasteiger partial charge in [-0.1, -0.05) is 6.42 Å².